The van der Waals surface area contributed by atoms with Gasteiger partial charge in [-0.3, -0.25) is 9.36 Å². The van der Waals surface area contributed by atoms with Crippen LogP contribution in [-0.4, -0.2) is 53.6 Å². The minimum absolute atomic E-state index is 0.00298. The van der Waals surface area contributed by atoms with Crippen LogP contribution in [0.2, 0.25) is 0 Å². The fourth-order valence-corrected chi connectivity index (χ4v) is 5.99. The van der Waals surface area contributed by atoms with Crippen LogP contribution in [0.3, 0.4) is 0 Å². The molecule has 10 nitrogen and oxygen atoms in total. The number of anilines is 1. The van der Waals surface area contributed by atoms with Crippen LogP contribution in [0.4, 0.5) is 5.82 Å². The lowest BCUT2D eigenvalue weighted by atomic mass is 9.80. The van der Waals surface area contributed by atoms with Gasteiger partial charge in [-0.1, -0.05) is 72.8 Å². The second-order valence-corrected chi connectivity index (χ2v) is 11.5. The van der Waals surface area contributed by atoms with E-state index in [1.807, 2.05) is 84.9 Å². The van der Waals surface area contributed by atoms with E-state index in [0.29, 0.717) is 22.6 Å². The van der Waals surface area contributed by atoms with Crippen LogP contribution in [0.15, 0.2) is 120 Å². The summed E-state index contributed by atoms with van der Waals surface area (Å²) in [5.74, 6) is 1.19. The number of carbonyl (C=O) groups excluding carboxylic acids is 1. The molecule has 0 radical (unpaired) electrons. The number of ether oxygens (including phenoxy) is 4. The van der Waals surface area contributed by atoms with Crippen LogP contribution in [0.25, 0.3) is 0 Å². The number of aryl methyl sites for hydroxylation is 1. The third-order valence-corrected chi connectivity index (χ3v) is 8.55. The van der Waals surface area contributed by atoms with Gasteiger partial charge in [-0.15, -0.1) is 0 Å². The van der Waals surface area contributed by atoms with Gasteiger partial charge < -0.3 is 29.4 Å². The molecule has 5 aromatic rings. The zero-order valence-electron chi connectivity index (χ0n) is 26.9. The number of hydrogen-bond acceptors (Lipinski definition) is 8. The minimum Gasteiger partial charge on any atom is -0.497 e. The Balaban J connectivity index is 1.28. The molecule has 4 aromatic carbocycles. The van der Waals surface area contributed by atoms with E-state index in [-0.39, 0.29) is 24.8 Å². The molecule has 1 amide bonds. The Labute approximate surface area is 278 Å². The molecule has 0 unspecified atom stereocenters. The molecule has 10 heteroatoms. The molecule has 0 aliphatic carbocycles. The molecule has 2 N–H and O–H groups in total. The van der Waals surface area contributed by atoms with Crippen LogP contribution >= 0.6 is 0 Å². The summed E-state index contributed by atoms with van der Waals surface area (Å²) in [4.78, 5) is 30.0. The maximum atomic E-state index is 13.2. The number of rotatable bonds is 11. The molecular weight excluding hydrogens is 610 g/mol. The molecule has 1 saturated heterocycles. The van der Waals surface area contributed by atoms with Gasteiger partial charge in [0.1, 0.15) is 35.2 Å². The number of aliphatic hydroxyl groups excluding tert-OH is 1. The summed E-state index contributed by atoms with van der Waals surface area (Å²) in [5.41, 5.74) is 1.85. The van der Waals surface area contributed by atoms with E-state index in [1.165, 1.54) is 4.57 Å². The number of hydrogen-bond donors (Lipinski definition) is 2. The standard InChI is InChI=1S/C38H37N3O7/c1-25-23-41(37(44)40-35(25)39-36(43)26-10-6-4-7-11-26)34-22-32(42)33(48-34)24-47-38(27-12-8-5-9-13-27,28-14-18-30(45-2)19-15-28)29-16-20-31(46-3)21-17-29/h4-21,23,32-34,42H,22,24H2,1-3H3,(H,39,40,43,44)/t32-,33+,34-/m0/s1. The van der Waals surface area contributed by atoms with Crippen molar-refractivity contribution >= 4 is 11.7 Å². The van der Waals surface area contributed by atoms with Crippen molar-refractivity contribution in [1.29, 1.82) is 0 Å². The first-order valence-electron chi connectivity index (χ1n) is 15.6. The van der Waals surface area contributed by atoms with Gasteiger partial charge in [-0.25, -0.2) is 4.79 Å². The zero-order valence-corrected chi connectivity index (χ0v) is 26.9. The van der Waals surface area contributed by atoms with Gasteiger partial charge in [0.2, 0.25) is 0 Å². The molecule has 48 heavy (non-hydrogen) atoms. The average molecular weight is 648 g/mol. The zero-order chi connectivity index (χ0) is 33.7. The maximum absolute atomic E-state index is 13.2. The monoisotopic (exact) mass is 647 g/mol. The van der Waals surface area contributed by atoms with Crippen molar-refractivity contribution < 1.29 is 28.8 Å². The van der Waals surface area contributed by atoms with Crippen molar-refractivity contribution in [3.05, 3.63) is 154 Å². The Kier molecular flexibility index (Phi) is 9.67. The second kappa shape index (κ2) is 14.2. The quantitative estimate of drug-likeness (QED) is 0.181. The number of carbonyl (C=O) groups is 1. The Hall–Kier alpha value is -5.29. The van der Waals surface area contributed by atoms with E-state index in [2.05, 4.69) is 10.3 Å². The van der Waals surface area contributed by atoms with Gasteiger partial charge in [-0.2, -0.15) is 4.98 Å². The number of nitrogens with one attached hydrogen (secondary N) is 1. The van der Waals surface area contributed by atoms with Gasteiger partial charge in [-0.05, 0) is 60.0 Å². The van der Waals surface area contributed by atoms with E-state index in [4.69, 9.17) is 18.9 Å². The van der Waals surface area contributed by atoms with Gasteiger partial charge in [0, 0.05) is 23.7 Å². The van der Waals surface area contributed by atoms with Gasteiger partial charge >= 0.3 is 5.69 Å². The summed E-state index contributed by atoms with van der Waals surface area (Å²) < 4.78 is 25.4. The van der Waals surface area contributed by atoms with E-state index in [0.717, 1.165) is 16.7 Å². The van der Waals surface area contributed by atoms with Crippen molar-refractivity contribution in [2.75, 3.05) is 26.1 Å². The lowest BCUT2D eigenvalue weighted by Crippen LogP contribution is -2.38. The van der Waals surface area contributed by atoms with Gasteiger partial charge in [0.05, 0.1) is 26.9 Å². The van der Waals surface area contributed by atoms with Crippen LogP contribution in [0.1, 0.15) is 45.3 Å². The fraction of sp³-hybridized carbons (Fsp3) is 0.237. The molecule has 0 spiro atoms. The lowest BCUT2D eigenvalue weighted by molar-refractivity contribution is -0.0944. The third-order valence-electron chi connectivity index (χ3n) is 8.55. The highest BCUT2D eigenvalue weighted by molar-refractivity contribution is 6.04. The molecule has 1 aliphatic rings. The molecule has 246 valence electrons. The van der Waals surface area contributed by atoms with Crippen LogP contribution in [0, 0.1) is 6.92 Å². The summed E-state index contributed by atoms with van der Waals surface area (Å²) >= 11 is 0. The Bertz CT molecular complexity index is 1850. The summed E-state index contributed by atoms with van der Waals surface area (Å²) in [7, 11) is 3.23. The first-order valence-corrected chi connectivity index (χ1v) is 15.6. The number of aliphatic hydroxyl groups is 1. The smallest absolute Gasteiger partial charge is 0.351 e. The molecule has 1 aliphatic heterocycles. The van der Waals surface area contributed by atoms with E-state index in [1.54, 1.807) is 51.6 Å². The normalized spacial score (nSPS) is 17.5. The predicted octanol–water partition coefficient (Wildman–Crippen LogP) is 5.48. The highest BCUT2D eigenvalue weighted by Gasteiger charge is 2.42. The molecule has 0 bridgehead atoms. The molecule has 2 heterocycles. The predicted molar refractivity (Wildman–Crippen MR) is 180 cm³/mol. The summed E-state index contributed by atoms with van der Waals surface area (Å²) in [5, 5.41) is 13.9. The molecule has 1 fully saturated rings. The molecular formula is C38H37N3O7. The molecule has 0 saturated carbocycles. The number of benzene rings is 4. The molecule has 6 rings (SSSR count). The number of nitrogens with zero attached hydrogens (tertiary/aromatic N) is 2. The summed E-state index contributed by atoms with van der Waals surface area (Å²) in [6, 6.07) is 33.9. The topological polar surface area (TPSA) is 121 Å². The van der Waals surface area contributed by atoms with E-state index < -0.39 is 29.7 Å². The highest BCUT2D eigenvalue weighted by atomic mass is 16.6. The number of amides is 1. The van der Waals surface area contributed by atoms with Crippen LogP contribution in [-0.2, 0) is 15.1 Å². The Morgan fingerprint density at radius 3 is 1.98 bits per heavy atom. The SMILES string of the molecule is COc1ccc(C(OC[C@H]2O[C@H](n3cc(C)c(NC(=O)c4ccccc4)nc3=O)C[C@@H]2O)(c2ccccc2)c2ccc(OC)cc2)cc1. The minimum atomic E-state index is -1.10. The van der Waals surface area contributed by atoms with Gasteiger partial charge in [0.25, 0.3) is 5.91 Å². The van der Waals surface area contributed by atoms with Crippen molar-refractivity contribution in [3.63, 3.8) is 0 Å². The number of methoxy groups -OCH3 is 2. The van der Waals surface area contributed by atoms with Gasteiger partial charge in [0.15, 0.2) is 0 Å². The summed E-state index contributed by atoms with van der Waals surface area (Å²) in [6.45, 7) is 1.74. The third kappa shape index (κ3) is 6.59. The van der Waals surface area contributed by atoms with Crippen molar-refractivity contribution in [2.24, 2.45) is 0 Å². The van der Waals surface area contributed by atoms with E-state index >= 15 is 0 Å². The van der Waals surface area contributed by atoms with E-state index in [9.17, 15) is 14.7 Å². The van der Waals surface area contributed by atoms with Crippen molar-refractivity contribution in [1.82, 2.24) is 9.55 Å². The first kappa shape index (κ1) is 32.6. The largest absolute Gasteiger partial charge is 0.497 e. The van der Waals surface area contributed by atoms with Crippen molar-refractivity contribution in [2.45, 2.75) is 37.4 Å². The fourth-order valence-electron chi connectivity index (χ4n) is 5.99. The molecule has 1 aromatic heterocycles. The lowest BCUT2D eigenvalue weighted by Gasteiger charge is -2.37. The molecule has 3 atom stereocenters. The Morgan fingerprint density at radius 1 is 0.875 bits per heavy atom. The summed E-state index contributed by atoms with van der Waals surface area (Å²) in [6.07, 6.45) is -0.758. The first-order chi connectivity index (χ1) is 23.3. The van der Waals surface area contributed by atoms with Crippen LogP contribution < -0.4 is 20.5 Å². The van der Waals surface area contributed by atoms with Crippen LogP contribution in [0.5, 0.6) is 11.5 Å². The Morgan fingerprint density at radius 2 is 1.42 bits per heavy atom. The maximum Gasteiger partial charge on any atom is 0.351 e. The highest BCUT2D eigenvalue weighted by Crippen LogP contribution is 2.42. The van der Waals surface area contributed by atoms with Crippen molar-refractivity contribution in [3.8, 4) is 11.5 Å². The average Bonchev–Trinajstić information content (AvgIpc) is 3.50. The second-order valence-electron chi connectivity index (χ2n) is 11.5. The number of aromatic nitrogens is 2.